The summed E-state index contributed by atoms with van der Waals surface area (Å²) in [4.78, 5) is 46.9. The van der Waals surface area contributed by atoms with E-state index in [1.165, 1.54) is 6.20 Å². The van der Waals surface area contributed by atoms with E-state index < -0.39 is 17.4 Å². The van der Waals surface area contributed by atoms with Crippen LogP contribution >= 0.6 is 22.9 Å². The number of H-pyrrole nitrogens is 1. The van der Waals surface area contributed by atoms with Crippen molar-refractivity contribution in [2.75, 3.05) is 11.9 Å². The summed E-state index contributed by atoms with van der Waals surface area (Å²) in [6.07, 6.45) is 1.21. The number of hydrogen-bond acceptors (Lipinski definition) is 7. The lowest BCUT2D eigenvalue weighted by atomic mass is 10.2. The van der Waals surface area contributed by atoms with Gasteiger partial charge in [0.15, 0.2) is 5.13 Å². The number of ether oxygens (including phenoxy) is 1. The van der Waals surface area contributed by atoms with E-state index in [-0.39, 0.29) is 23.7 Å². The molecular formula is C18H15ClN4O4S. The lowest BCUT2D eigenvalue weighted by molar-refractivity contribution is -0.142. The number of halogens is 1. The number of nitrogens with zero attached hydrogens (tertiary/aromatic N) is 2. The van der Waals surface area contributed by atoms with Crippen molar-refractivity contribution in [3.8, 4) is 11.4 Å². The van der Waals surface area contributed by atoms with E-state index in [1.54, 1.807) is 36.6 Å². The first kappa shape index (κ1) is 19.7. The van der Waals surface area contributed by atoms with Crippen molar-refractivity contribution in [3.05, 3.63) is 62.5 Å². The van der Waals surface area contributed by atoms with Gasteiger partial charge >= 0.3 is 5.97 Å². The predicted octanol–water partition coefficient (Wildman–Crippen LogP) is 2.90. The van der Waals surface area contributed by atoms with Gasteiger partial charge in [0, 0.05) is 22.2 Å². The van der Waals surface area contributed by atoms with Crippen molar-refractivity contribution in [1.82, 2.24) is 15.0 Å². The van der Waals surface area contributed by atoms with Gasteiger partial charge in [0.2, 0.25) is 0 Å². The molecule has 10 heteroatoms. The molecule has 8 nitrogen and oxygen atoms in total. The van der Waals surface area contributed by atoms with Crippen LogP contribution in [0.15, 0.2) is 40.6 Å². The summed E-state index contributed by atoms with van der Waals surface area (Å²) in [5, 5.41) is 5.00. The van der Waals surface area contributed by atoms with Gasteiger partial charge in [-0.05, 0) is 31.2 Å². The van der Waals surface area contributed by atoms with Crippen LogP contribution in [0, 0.1) is 0 Å². The highest BCUT2D eigenvalue weighted by Crippen LogP contribution is 2.18. The van der Waals surface area contributed by atoms with E-state index in [2.05, 4.69) is 20.3 Å². The van der Waals surface area contributed by atoms with Gasteiger partial charge in [0.05, 0.1) is 18.7 Å². The summed E-state index contributed by atoms with van der Waals surface area (Å²) in [6.45, 7) is 2.00. The average molecular weight is 419 g/mol. The van der Waals surface area contributed by atoms with E-state index >= 15 is 0 Å². The van der Waals surface area contributed by atoms with Crippen molar-refractivity contribution < 1.29 is 14.3 Å². The summed E-state index contributed by atoms with van der Waals surface area (Å²) in [7, 11) is 0. The smallest absolute Gasteiger partial charge is 0.311 e. The number of carbonyl (C=O) groups is 2. The Kier molecular flexibility index (Phi) is 6.17. The van der Waals surface area contributed by atoms with Crippen molar-refractivity contribution in [3.63, 3.8) is 0 Å². The van der Waals surface area contributed by atoms with Crippen LogP contribution in [0.25, 0.3) is 11.4 Å². The third-order valence-electron chi connectivity index (χ3n) is 3.56. The Morgan fingerprint density at radius 1 is 1.29 bits per heavy atom. The number of thiazole rings is 1. The molecule has 2 heterocycles. The second kappa shape index (κ2) is 8.77. The first-order valence-corrected chi connectivity index (χ1v) is 9.48. The number of nitrogens with one attached hydrogen (secondary N) is 2. The number of rotatable bonds is 6. The Labute approximate surface area is 168 Å². The zero-order chi connectivity index (χ0) is 20.1. The second-order valence-corrected chi connectivity index (χ2v) is 6.86. The maximum Gasteiger partial charge on any atom is 0.311 e. The predicted molar refractivity (Wildman–Crippen MR) is 106 cm³/mol. The maximum atomic E-state index is 12.3. The molecule has 0 unspecified atom stereocenters. The topological polar surface area (TPSA) is 114 Å². The van der Waals surface area contributed by atoms with Crippen LogP contribution < -0.4 is 10.9 Å². The number of aromatic amines is 1. The lowest BCUT2D eigenvalue weighted by Crippen LogP contribution is -2.24. The monoisotopic (exact) mass is 418 g/mol. The molecule has 0 aliphatic carbocycles. The van der Waals surface area contributed by atoms with Crippen molar-refractivity contribution in [2.24, 2.45) is 0 Å². The fourth-order valence-electron chi connectivity index (χ4n) is 2.28. The Bertz CT molecular complexity index is 1060. The third kappa shape index (κ3) is 4.81. The largest absolute Gasteiger partial charge is 0.466 e. The van der Waals surface area contributed by atoms with Gasteiger partial charge in [0.25, 0.3) is 11.5 Å². The molecule has 28 heavy (non-hydrogen) atoms. The standard InChI is InChI=1S/C18H15ClN4O4S/c1-2-27-14(24)7-12-9-28-18(21-12)23-17(26)13-8-20-15(22-16(13)25)10-3-5-11(19)6-4-10/h3-6,8-9H,2,7H2,1H3,(H,20,22,25)(H,21,23,26). The summed E-state index contributed by atoms with van der Waals surface area (Å²) in [6, 6.07) is 6.77. The lowest BCUT2D eigenvalue weighted by Gasteiger charge is -2.04. The fraction of sp³-hybridized carbons (Fsp3) is 0.167. The first-order chi connectivity index (χ1) is 13.5. The molecule has 144 valence electrons. The van der Waals surface area contributed by atoms with Gasteiger partial charge in [-0.3, -0.25) is 19.7 Å². The van der Waals surface area contributed by atoms with Crippen LogP contribution in [0.5, 0.6) is 0 Å². The quantitative estimate of drug-likeness (QED) is 0.595. The van der Waals surface area contributed by atoms with E-state index in [4.69, 9.17) is 16.3 Å². The number of hydrogen-bond donors (Lipinski definition) is 2. The normalized spacial score (nSPS) is 10.5. The minimum Gasteiger partial charge on any atom is -0.466 e. The van der Waals surface area contributed by atoms with Crippen LogP contribution in [0.4, 0.5) is 5.13 Å². The van der Waals surface area contributed by atoms with Gasteiger partial charge in [0.1, 0.15) is 11.4 Å². The molecule has 2 aromatic heterocycles. The molecule has 1 aromatic carbocycles. The molecule has 3 aromatic rings. The van der Waals surface area contributed by atoms with Crippen LogP contribution in [0.1, 0.15) is 23.0 Å². The molecular weight excluding hydrogens is 404 g/mol. The number of anilines is 1. The van der Waals surface area contributed by atoms with Crippen LogP contribution in [0.2, 0.25) is 5.02 Å². The molecule has 1 amide bonds. The molecule has 0 fully saturated rings. The summed E-state index contributed by atoms with van der Waals surface area (Å²) >= 11 is 6.99. The zero-order valence-corrected chi connectivity index (χ0v) is 16.3. The molecule has 0 atom stereocenters. The first-order valence-electron chi connectivity index (χ1n) is 8.23. The minimum atomic E-state index is -0.645. The summed E-state index contributed by atoms with van der Waals surface area (Å²) < 4.78 is 4.85. The summed E-state index contributed by atoms with van der Waals surface area (Å²) in [5.41, 5.74) is 0.404. The zero-order valence-electron chi connectivity index (χ0n) is 14.7. The highest BCUT2D eigenvalue weighted by atomic mass is 35.5. The molecule has 0 aliphatic heterocycles. The maximum absolute atomic E-state index is 12.3. The molecule has 0 radical (unpaired) electrons. The molecule has 0 bridgehead atoms. The molecule has 0 aliphatic rings. The van der Waals surface area contributed by atoms with Crippen LogP contribution in [0.3, 0.4) is 0 Å². The Morgan fingerprint density at radius 3 is 2.71 bits per heavy atom. The van der Waals surface area contributed by atoms with E-state index in [0.29, 0.717) is 22.1 Å². The van der Waals surface area contributed by atoms with Gasteiger partial charge < -0.3 is 9.72 Å². The van der Waals surface area contributed by atoms with E-state index in [1.807, 2.05) is 0 Å². The molecule has 0 saturated carbocycles. The Hall–Kier alpha value is -3.04. The Morgan fingerprint density at radius 2 is 2.04 bits per heavy atom. The highest BCUT2D eigenvalue weighted by Gasteiger charge is 2.15. The SMILES string of the molecule is CCOC(=O)Cc1csc(NC(=O)c2cnc(-c3ccc(Cl)cc3)[nH]c2=O)n1. The number of carbonyl (C=O) groups excluding carboxylic acids is 2. The molecule has 0 spiro atoms. The Balaban J connectivity index is 1.71. The number of amides is 1. The van der Waals surface area contributed by atoms with Gasteiger partial charge in [-0.1, -0.05) is 11.6 Å². The fourth-order valence-corrected chi connectivity index (χ4v) is 3.11. The van der Waals surface area contributed by atoms with Crippen molar-refractivity contribution >= 4 is 39.9 Å². The van der Waals surface area contributed by atoms with E-state index in [9.17, 15) is 14.4 Å². The van der Waals surface area contributed by atoms with Crippen LogP contribution in [-0.2, 0) is 16.0 Å². The van der Waals surface area contributed by atoms with Crippen molar-refractivity contribution in [2.45, 2.75) is 13.3 Å². The number of aromatic nitrogens is 3. The van der Waals surface area contributed by atoms with Gasteiger partial charge in [-0.15, -0.1) is 11.3 Å². The van der Waals surface area contributed by atoms with E-state index in [0.717, 1.165) is 11.3 Å². The second-order valence-electron chi connectivity index (χ2n) is 5.56. The molecule has 2 N–H and O–H groups in total. The summed E-state index contributed by atoms with van der Waals surface area (Å²) in [5.74, 6) is -0.721. The third-order valence-corrected chi connectivity index (χ3v) is 4.62. The average Bonchev–Trinajstić information content (AvgIpc) is 3.09. The minimum absolute atomic E-state index is 0.0120. The number of benzene rings is 1. The highest BCUT2D eigenvalue weighted by molar-refractivity contribution is 7.14. The number of esters is 1. The van der Waals surface area contributed by atoms with Gasteiger partial charge in [-0.25, -0.2) is 9.97 Å². The van der Waals surface area contributed by atoms with Crippen LogP contribution in [-0.4, -0.2) is 33.4 Å². The van der Waals surface area contributed by atoms with Gasteiger partial charge in [-0.2, -0.15) is 0 Å². The molecule has 3 rings (SSSR count). The molecule has 0 saturated heterocycles. The van der Waals surface area contributed by atoms with Crippen molar-refractivity contribution in [1.29, 1.82) is 0 Å².